The van der Waals surface area contributed by atoms with Crippen LogP contribution >= 0.6 is 34.5 Å². The molecule has 1 saturated heterocycles. The lowest BCUT2D eigenvalue weighted by Gasteiger charge is -2.33. The van der Waals surface area contributed by atoms with Crippen LogP contribution in [0.1, 0.15) is 22.4 Å². The van der Waals surface area contributed by atoms with Crippen molar-refractivity contribution in [3.63, 3.8) is 0 Å². The van der Waals surface area contributed by atoms with Gasteiger partial charge in [0.05, 0.1) is 23.2 Å². The van der Waals surface area contributed by atoms with Crippen LogP contribution in [0.5, 0.6) is 0 Å². The quantitative estimate of drug-likeness (QED) is 0.611. The predicted molar refractivity (Wildman–Crippen MR) is 128 cm³/mol. The fourth-order valence-electron chi connectivity index (χ4n) is 3.26. The predicted octanol–water partition coefficient (Wildman–Crippen LogP) is 3.43. The van der Waals surface area contributed by atoms with Crippen LogP contribution in [0.3, 0.4) is 0 Å². The molecule has 1 aliphatic heterocycles. The van der Waals surface area contributed by atoms with Crippen molar-refractivity contribution in [2.45, 2.75) is 13.5 Å². The third kappa shape index (κ3) is 6.80. The van der Waals surface area contributed by atoms with Gasteiger partial charge in [0.15, 0.2) is 0 Å². The second-order valence-electron chi connectivity index (χ2n) is 7.40. The van der Waals surface area contributed by atoms with Crippen LogP contribution in [0, 0.1) is 0 Å². The fourth-order valence-corrected chi connectivity index (χ4v) is 4.34. The summed E-state index contributed by atoms with van der Waals surface area (Å²) in [6, 6.07) is 4.48. The van der Waals surface area contributed by atoms with Crippen molar-refractivity contribution in [3.8, 4) is 0 Å². The number of piperazine rings is 1. The van der Waals surface area contributed by atoms with Gasteiger partial charge in [0.1, 0.15) is 10.7 Å². The Morgan fingerprint density at radius 2 is 1.85 bits per heavy atom. The second kappa shape index (κ2) is 11.6. The summed E-state index contributed by atoms with van der Waals surface area (Å²) in [6.07, 6.45) is 0. The minimum absolute atomic E-state index is 0.00772. The molecule has 9 nitrogen and oxygen atoms in total. The van der Waals surface area contributed by atoms with Gasteiger partial charge in [-0.2, -0.15) is 0 Å². The number of halogens is 2. The lowest BCUT2D eigenvalue weighted by molar-refractivity contribution is -0.130. The highest BCUT2D eigenvalue weighted by Gasteiger charge is 2.25. The lowest BCUT2D eigenvalue weighted by atomic mass is 10.3. The van der Waals surface area contributed by atoms with Crippen molar-refractivity contribution in [2.75, 3.05) is 51.8 Å². The van der Waals surface area contributed by atoms with Gasteiger partial charge in [-0.15, -0.1) is 11.3 Å². The number of thiazole rings is 1. The maximum absolute atomic E-state index is 12.8. The molecule has 33 heavy (non-hydrogen) atoms. The Morgan fingerprint density at radius 1 is 1.15 bits per heavy atom. The molecule has 0 bridgehead atoms. The lowest BCUT2D eigenvalue weighted by Crippen LogP contribution is -2.50. The second-order valence-corrected chi connectivity index (χ2v) is 9.16. The summed E-state index contributed by atoms with van der Waals surface area (Å²) in [5, 5.41) is 5.85. The number of carbonyl (C=O) groups is 3. The van der Waals surface area contributed by atoms with Crippen LogP contribution in [0.15, 0.2) is 23.6 Å². The molecule has 0 atom stereocenters. The molecule has 1 fully saturated rings. The molecule has 0 radical (unpaired) electrons. The Bertz CT molecular complexity index is 1010. The Balaban J connectivity index is 1.63. The smallest absolute Gasteiger partial charge is 0.322 e. The zero-order valence-corrected chi connectivity index (χ0v) is 20.7. The molecule has 1 aliphatic rings. The number of hydrogen-bond acceptors (Lipinski definition) is 6. The molecular formula is C21H25Cl2N5O4S. The van der Waals surface area contributed by atoms with Crippen LogP contribution in [-0.2, 0) is 16.1 Å². The summed E-state index contributed by atoms with van der Waals surface area (Å²) in [7, 11) is 1.56. The number of urea groups is 1. The molecule has 2 heterocycles. The van der Waals surface area contributed by atoms with Gasteiger partial charge in [-0.3, -0.25) is 9.59 Å². The Labute approximate surface area is 206 Å². The average molecular weight is 514 g/mol. The van der Waals surface area contributed by atoms with Crippen molar-refractivity contribution in [3.05, 3.63) is 44.3 Å². The highest BCUT2D eigenvalue weighted by molar-refractivity contribution is 7.09. The number of nitrogens with one attached hydrogen (secondary N) is 1. The molecule has 178 valence electrons. The van der Waals surface area contributed by atoms with Gasteiger partial charge in [-0.1, -0.05) is 23.2 Å². The zero-order chi connectivity index (χ0) is 24.0. The van der Waals surface area contributed by atoms with Gasteiger partial charge in [0, 0.05) is 57.8 Å². The Hall–Kier alpha value is -2.40. The largest absolute Gasteiger partial charge is 0.383 e. The number of hydrogen-bond donors (Lipinski definition) is 1. The first-order chi connectivity index (χ1) is 15.8. The summed E-state index contributed by atoms with van der Waals surface area (Å²) in [5.74, 6) is -0.169. The fraction of sp³-hybridized carbons (Fsp3) is 0.429. The van der Waals surface area contributed by atoms with Gasteiger partial charge < -0.3 is 24.8 Å². The van der Waals surface area contributed by atoms with E-state index in [1.807, 2.05) is 0 Å². The first-order valence-corrected chi connectivity index (χ1v) is 11.9. The first kappa shape index (κ1) is 25.2. The van der Waals surface area contributed by atoms with E-state index in [1.54, 1.807) is 45.4 Å². The number of carbonyl (C=O) groups excluding carboxylic acids is 3. The van der Waals surface area contributed by atoms with Crippen molar-refractivity contribution in [2.24, 2.45) is 0 Å². The number of benzene rings is 1. The number of nitrogens with zero attached hydrogens (tertiary/aromatic N) is 4. The molecule has 1 aromatic carbocycles. The number of anilines is 1. The van der Waals surface area contributed by atoms with Crippen LogP contribution in [0.2, 0.25) is 10.0 Å². The van der Waals surface area contributed by atoms with Crippen molar-refractivity contribution < 1.29 is 19.1 Å². The highest BCUT2D eigenvalue weighted by atomic mass is 35.5. The number of ether oxygens (including phenoxy) is 1. The number of rotatable bonds is 7. The van der Waals surface area contributed by atoms with E-state index in [4.69, 9.17) is 27.9 Å². The molecule has 3 rings (SSSR count). The van der Waals surface area contributed by atoms with Gasteiger partial charge in [0.25, 0.3) is 5.91 Å². The maximum Gasteiger partial charge on any atom is 0.322 e. The molecule has 0 spiro atoms. The van der Waals surface area contributed by atoms with Crippen LogP contribution in [-0.4, -0.2) is 84.0 Å². The average Bonchev–Trinajstić information content (AvgIpc) is 3.27. The van der Waals surface area contributed by atoms with E-state index in [-0.39, 0.29) is 24.4 Å². The monoisotopic (exact) mass is 513 g/mol. The summed E-state index contributed by atoms with van der Waals surface area (Å²) in [4.78, 5) is 46.5. The minimum Gasteiger partial charge on any atom is -0.383 e. The molecule has 12 heteroatoms. The van der Waals surface area contributed by atoms with Crippen molar-refractivity contribution >= 4 is 58.1 Å². The topological polar surface area (TPSA) is 95.1 Å². The zero-order valence-electron chi connectivity index (χ0n) is 18.3. The molecule has 1 N–H and O–H groups in total. The molecule has 0 saturated carbocycles. The van der Waals surface area contributed by atoms with Gasteiger partial charge in [0.2, 0.25) is 5.91 Å². The van der Waals surface area contributed by atoms with E-state index in [1.165, 1.54) is 18.3 Å². The normalized spacial score (nSPS) is 13.7. The third-order valence-corrected chi connectivity index (χ3v) is 6.71. The summed E-state index contributed by atoms with van der Waals surface area (Å²) >= 11 is 13.3. The minimum atomic E-state index is -0.353. The number of methoxy groups -OCH3 is 1. The standard InChI is InChI=1S/C21H25Cl2N5O4S/c1-14(29)26-5-7-27(8-6-26)20(30)18-13-33-19(25-18)12-28(9-10-32-2)21(31)24-15-3-4-16(22)17(23)11-15/h3-4,11,13H,5-10,12H2,1-2H3,(H,24,31). The third-order valence-electron chi connectivity index (χ3n) is 5.13. The van der Waals surface area contributed by atoms with E-state index in [2.05, 4.69) is 10.3 Å². The molecule has 4 amide bonds. The van der Waals surface area contributed by atoms with Gasteiger partial charge in [-0.05, 0) is 18.2 Å². The van der Waals surface area contributed by atoms with Crippen molar-refractivity contribution in [1.82, 2.24) is 19.7 Å². The highest BCUT2D eigenvalue weighted by Crippen LogP contribution is 2.25. The Morgan fingerprint density at radius 3 is 2.48 bits per heavy atom. The van der Waals surface area contributed by atoms with Crippen molar-refractivity contribution in [1.29, 1.82) is 0 Å². The number of amides is 4. The SMILES string of the molecule is COCCN(Cc1nc(C(=O)N2CCN(C(C)=O)CC2)cs1)C(=O)Nc1ccc(Cl)c(Cl)c1. The summed E-state index contributed by atoms with van der Waals surface area (Å²) in [6.45, 7) is 4.37. The van der Waals surface area contributed by atoms with E-state index < -0.39 is 0 Å². The molecule has 0 unspecified atom stereocenters. The number of aromatic nitrogens is 1. The molecule has 2 aromatic rings. The maximum atomic E-state index is 12.8. The van der Waals surface area contributed by atoms with Crippen LogP contribution in [0.4, 0.5) is 10.5 Å². The summed E-state index contributed by atoms with van der Waals surface area (Å²) < 4.78 is 5.13. The van der Waals surface area contributed by atoms with E-state index in [9.17, 15) is 14.4 Å². The van der Waals surface area contributed by atoms with E-state index in [0.717, 1.165) is 0 Å². The van der Waals surface area contributed by atoms with Crippen LogP contribution in [0.25, 0.3) is 0 Å². The molecular weight excluding hydrogens is 489 g/mol. The molecule has 1 aromatic heterocycles. The first-order valence-electron chi connectivity index (χ1n) is 10.3. The van der Waals surface area contributed by atoms with E-state index >= 15 is 0 Å². The Kier molecular flexibility index (Phi) is 8.90. The van der Waals surface area contributed by atoms with Crippen LogP contribution < -0.4 is 5.32 Å². The summed E-state index contributed by atoms with van der Waals surface area (Å²) in [5.41, 5.74) is 0.847. The van der Waals surface area contributed by atoms with Gasteiger partial charge in [-0.25, -0.2) is 9.78 Å². The van der Waals surface area contributed by atoms with Gasteiger partial charge >= 0.3 is 6.03 Å². The van der Waals surface area contributed by atoms with E-state index in [0.29, 0.717) is 65.8 Å². The molecule has 0 aliphatic carbocycles.